The zero-order valence-electron chi connectivity index (χ0n) is 9.20. The number of anilines is 1. The second-order valence-electron chi connectivity index (χ2n) is 3.96. The van der Waals surface area contributed by atoms with Gasteiger partial charge in [-0.1, -0.05) is 0 Å². The van der Waals surface area contributed by atoms with Crippen LogP contribution in [-0.2, 0) is 0 Å². The van der Waals surface area contributed by atoms with Gasteiger partial charge in [0.05, 0.1) is 6.07 Å². The molecule has 6 nitrogen and oxygen atoms in total. The molecule has 0 atom stereocenters. The quantitative estimate of drug-likeness (QED) is 0.815. The van der Waals surface area contributed by atoms with Crippen molar-refractivity contribution < 1.29 is 9.90 Å². The Labute approximate surface area is 98.5 Å². The van der Waals surface area contributed by atoms with Crippen molar-refractivity contribution in [2.75, 3.05) is 18.0 Å². The van der Waals surface area contributed by atoms with Crippen LogP contribution in [0.2, 0.25) is 0 Å². The molecule has 1 aromatic heterocycles. The van der Waals surface area contributed by atoms with Gasteiger partial charge in [0.25, 0.3) is 0 Å². The van der Waals surface area contributed by atoms with Gasteiger partial charge in [-0.25, -0.2) is 14.8 Å². The topological polar surface area (TPSA) is 90.1 Å². The lowest BCUT2D eigenvalue weighted by Crippen LogP contribution is -2.34. The highest BCUT2D eigenvalue weighted by atomic mass is 16.4. The number of nitrogens with zero attached hydrogens (tertiary/aromatic N) is 4. The molecule has 0 spiro atoms. The third-order valence-corrected chi connectivity index (χ3v) is 2.87. The van der Waals surface area contributed by atoms with E-state index in [9.17, 15) is 4.79 Å². The Bertz CT molecular complexity index is 461. The Kier molecular flexibility index (Phi) is 3.19. The van der Waals surface area contributed by atoms with Gasteiger partial charge in [0.1, 0.15) is 12.1 Å². The second kappa shape index (κ2) is 4.78. The van der Waals surface area contributed by atoms with Crippen LogP contribution in [0, 0.1) is 17.2 Å². The number of nitriles is 1. The normalized spacial score (nSPS) is 16.5. The SMILES string of the molecule is N#CC1CCN(c2cc(C(=O)O)ncn2)CC1. The van der Waals surface area contributed by atoms with Gasteiger partial charge in [-0.05, 0) is 12.8 Å². The number of aromatic nitrogens is 2. The number of carbonyl (C=O) groups is 1. The first-order valence-corrected chi connectivity index (χ1v) is 5.40. The van der Waals surface area contributed by atoms with Gasteiger partial charge in [-0.15, -0.1) is 0 Å². The van der Waals surface area contributed by atoms with Crippen LogP contribution in [0.3, 0.4) is 0 Å². The predicted octanol–water partition coefficient (Wildman–Crippen LogP) is 0.915. The number of carboxylic acid groups (broad SMARTS) is 1. The standard InChI is InChI=1S/C11H12N4O2/c12-6-8-1-3-15(4-2-8)10-5-9(11(16)17)13-7-14-10/h5,7-8H,1-4H2,(H,16,17). The fourth-order valence-corrected chi connectivity index (χ4v) is 1.87. The Morgan fingerprint density at radius 2 is 2.18 bits per heavy atom. The third kappa shape index (κ3) is 2.50. The highest BCUT2D eigenvalue weighted by Gasteiger charge is 2.20. The number of piperidine rings is 1. The maximum Gasteiger partial charge on any atom is 0.354 e. The Hall–Kier alpha value is -2.16. The zero-order valence-corrected chi connectivity index (χ0v) is 9.20. The maximum atomic E-state index is 10.8. The van der Waals surface area contributed by atoms with Gasteiger partial charge in [-0.3, -0.25) is 0 Å². The Morgan fingerprint density at radius 3 is 2.76 bits per heavy atom. The number of hydrogen-bond donors (Lipinski definition) is 1. The molecule has 1 aromatic rings. The van der Waals surface area contributed by atoms with Gasteiger partial charge in [-0.2, -0.15) is 5.26 Å². The monoisotopic (exact) mass is 232 g/mol. The first-order chi connectivity index (χ1) is 8.20. The Morgan fingerprint density at radius 1 is 1.47 bits per heavy atom. The first kappa shape index (κ1) is 11.3. The summed E-state index contributed by atoms with van der Waals surface area (Å²) in [4.78, 5) is 20.5. The molecule has 6 heteroatoms. The summed E-state index contributed by atoms with van der Waals surface area (Å²) in [6.07, 6.45) is 2.85. The molecule has 1 aliphatic rings. The largest absolute Gasteiger partial charge is 0.477 e. The Balaban J connectivity index is 2.11. The first-order valence-electron chi connectivity index (χ1n) is 5.40. The summed E-state index contributed by atoms with van der Waals surface area (Å²) in [6, 6.07) is 3.72. The minimum Gasteiger partial charge on any atom is -0.477 e. The average Bonchev–Trinajstić information content (AvgIpc) is 2.39. The van der Waals surface area contributed by atoms with Crippen molar-refractivity contribution >= 4 is 11.8 Å². The molecule has 0 unspecified atom stereocenters. The van der Waals surface area contributed by atoms with E-state index < -0.39 is 5.97 Å². The van der Waals surface area contributed by atoms with E-state index >= 15 is 0 Å². The number of carboxylic acids is 1. The molecule has 88 valence electrons. The molecule has 1 aliphatic heterocycles. The summed E-state index contributed by atoms with van der Waals surface area (Å²) < 4.78 is 0. The van der Waals surface area contributed by atoms with E-state index in [1.165, 1.54) is 12.4 Å². The highest BCUT2D eigenvalue weighted by Crippen LogP contribution is 2.21. The van der Waals surface area contributed by atoms with E-state index in [4.69, 9.17) is 10.4 Å². The molecule has 17 heavy (non-hydrogen) atoms. The van der Waals surface area contributed by atoms with Gasteiger partial charge in [0, 0.05) is 25.1 Å². The van der Waals surface area contributed by atoms with Crippen molar-refractivity contribution in [2.24, 2.45) is 5.92 Å². The van der Waals surface area contributed by atoms with Crippen LogP contribution in [0.5, 0.6) is 0 Å². The lowest BCUT2D eigenvalue weighted by atomic mass is 9.99. The van der Waals surface area contributed by atoms with E-state index in [1.807, 2.05) is 4.90 Å². The molecule has 0 radical (unpaired) electrons. The van der Waals surface area contributed by atoms with E-state index in [-0.39, 0.29) is 11.6 Å². The molecular formula is C11H12N4O2. The summed E-state index contributed by atoms with van der Waals surface area (Å²) in [7, 11) is 0. The highest BCUT2D eigenvalue weighted by molar-refractivity contribution is 5.86. The van der Waals surface area contributed by atoms with Gasteiger partial charge < -0.3 is 10.0 Å². The lowest BCUT2D eigenvalue weighted by molar-refractivity contribution is 0.0690. The van der Waals surface area contributed by atoms with Crippen LogP contribution in [0.4, 0.5) is 5.82 Å². The molecule has 0 saturated carbocycles. The molecule has 0 aromatic carbocycles. The van der Waals surface area contributed by atoms with Crippen LogP contribution in [0.25, 0.3) is 0 Å². The molecular weight excluding hydrogens is 220 g/mol. The van der Waals surface area contributed by atoms with Crippen molar-refractivity contribution in [3.05, 3.63) is 18.1 Å². The zero-order chi connectivity index (χ0) is 12.3. The average molecular weight is 232 g/mol. The molecule has 2 heterocycles. The van der Waals surface area contributed by atoms with E-state index in [1.54, 1.807) is 0 Å². The van der Waals surface area contributed by atoms with E-state index in [2.05, 4.69) is 16.0 Å². The van der Waals surface area contributed by atoms with Gasteiger partial charge in [0.2, 0.25) is 0 Å². The molecule has 1 saturated heterocycles. The number of rotatable bonds is 2. The lowest BCUT2D eigenvalue weighted by Gasteiger charge is -2.29. The smallest absolute Gasteiger partial charge is 0.354 e. The summed E-state index contributed by atoms with van der Waals surface area (Å²) in [5.41, 5.74) is -0.00240. The maximum absolute atomic E-state index is 10.8. The van der Waals surface area contributed by atoms with Crippen molar-refractivity contribution in [1.29, 1.82) is 5.26 Å². The molecule has 2 rings (SSSR count). The van der Waals surface area contributed by atoms with Crippen molar-refractivity contribution in [1.82, 2.24) is 9.97 Å². The summed E-state index contributed by atoms with van der Waals surface area (Å²) in [5.74, 6) is -0.332. The van der Waals surface area contributed by atoms with Crippen LogP contribution in [-0.4, -0.2) is 34.1 Å². The van der Waals surface area contributed by atoms with Gasteiger partial charge in [0.15, 0.2) is 5.69 Å². The van der Waals surface area contributed by atoms with E-state index in [0.29, 0.717) is 5.82 Å². The van der Waals surface area contributed by atoms with Crippen LogP contribution >= 0.6 is 0 Å². The molecule has 1 N–H and O–H groups in total. The van der Waals surface area contributed by atoms with Gasteiger partial charge >= 0.3 is 5.97 Å². The second-order valence-corrected chi connectivity index (χ2v) is 3.96. The number of hydrogen-bond acceptors (Lipinski definition) is 5. The molecule has 0 bridgehead atoms. The summed E-state index contributed by atoms with van der Waals surface area (Å²) in [6.45, 7) is 1.46. The minimum absolute atomic E-state index is 0.00240. The third-order valence-electron chi connectivity index (χ3n) is 2.87. The molecule has 0 aliphatic carbocycles. The summed E-state index contributed by atoms with van der Waals surface area (Å²) >= 11 is 0. The minimum atomic E-state index is -1.06. The van der Waals surface area contributed by atoms with E-state index in [0.717, 1.165) is 25.9 Å². The summed E-state index contributed by atoms with van der Waals surface area (Å²) in [5, 5.41) is 17.6. The van der Waals surface area contributed by atoms with Crippen LogP contribution < -0.4 is 4.90 Å². The van der Waals surface area contributed by atoms with Crippen molar-refractivity contribution in [2.45, 2.75) is 12.8 Å². The molecule has 0 amide bonds. The van der Waals surface area contributed by atoms with Crippen molar-refractivity contribution in [3.63, 3.8) is 0 Å². The van der Waals surface area contributed by atoms with Crippen LogP contribution in [0.1, 0.15) is 23.3 Å². The fraction of sp³-hybridized carbons (Fsp3) is 0.455. The fourth-order valence-electron chi connectivity index (χ4n) is 1.87. The van der Waals surface area contributed by atoms with Crippen molar-refractivity contribution in [3.8, 4) is 6.07 Å². The number of aromatic carboxylic acids is 1. The van der Waals surface area contributed by atoms with Crippen LogP contribution in [0.15, 0.2) is 12.4 Å². The predicted molar refractivity (Wildman–Crippen MR) is 59.5 cm³/mol. The molecule has 1 fully saturated rings.